The molecule has 0 unspecified atom stereocenters. The van der Waals surface area contributed by atoms with Crippen LogP contribution in [0.5, 0.6) is 0 Å². The number of carbonyl (C=O) groups is 2. The molecule has 0 aliphatic rings. The number of aromatic carboxylic acids is 2. The van der Waals surface area contributed by atoms with Gasteiger partial charge in [-0.3, -0.25) is 40.5 Å². The SMILES string of the molecule is O=C(O)c1c([N+](=O)[O-])c([N+](=O)[O-])c(C(=O)O)c([N+](=O)[O-])c1[N+](=O)[O-]. The van der Waals surface area contributed by atoms with Gasteiger partial charge in [-0.1, -0.05) is 0 Å². The lowest BCUT2D eigenvalue weighted by atomic mass is 10.0. The second-order valence-electron chi connectivity index (χ2n) is 3.78. The van der Waals surface area contributed by atoms with Gasteiger partial charge in [0.25, 0.3) is 0 Å². The molecule has 1 aromatic carbocycles. The topological polar surface area (TPSA) is 247 Å². The van der Waals surface area contributed by atoms with Gasteiger partial charge in [0.2, 0.25) is 11.1 Å². The first-order valence-electron chi connectivity index (χ1n) is 5.21. The summed E-state index contributed by atoms with van der Waals surface area (Å²) in [5, 5.41) is 61.5. The molecule has 24 heavy (non-hydrogen) atoms. The Morgan fingerprint density at radius 2 is 0.750 bits per heavy atom. The molecule has 16 nitrogen and oxygen atoms in total. The van der Waals surface area contributed by atoms with Gasteiger partial charge in [-0.2, -0.15) is 0 Å². The van der Waals surface area contributed by atoms with Crippen molar-refractivity contribution in [2.75, 3.05) is 0 Å². The van der Waals surface area contributed by atoms with E-state index >= 15 is 0 Å². The standard InChI is InChI=1S/C8H2N4O12/c13-7(14)1-3(9(17)18)5(11(21)22)2(8(15)16)6(12(23)24)4(1)10(19)20/h(H,13,14)(H,15,16). The van der Waals surface area contributed by atoms with Gasteiger partial charge < -0.3 is 10.2 Å². The summed E-state index contributed by atoms with van der Waals surface area (Å²) in [6.45, 7) is 0. The first kappa shape index (κ1) is 17.8. The van der Waals surface area contributed by atoms with Crippen LogP contribution in [0.4, 0.5) is 22.7 Å². The van der Waals surface area contributed by atoms with Crippen molar-refractivity contribution < 1.29 is 39.5 Å². The van der Waals surface area contributed by atoms with Gasteiger partial charge >= 0.3 is 34.7 Å². The van der Waals surface area contributed by atoms with E-state index in [0.717, 1.165) is 0 Å². The van der Waals surface area contributed by atoms with Crippen LogP contribution in [-0.2, 0) is 0 Å². The fourth-order valence-electron chi connectivity index (χ4n) is 1.81. The van der Waals surface area contributed by atoms with E-state index in [0.29, 0.717) is 0 Å². The van der Waals surface area contributed by atoms with Crippen molar-refractivity contribution in [3.8, 4) is 0 Å². The number of nitro groups is 4. The minimum absolute atomic E-state index is 1.75. The minimum Gasteiger partial charge on any atom is -0.477 e. The summed E-state index contributed by atoms with van der Waals surface area (Å²) in [5.74, 6) is -4.92. The molecule has 0 aromatic heterocycles. The van der Waals surface area contributed by atoms with Crippen molar-refractivity contribution in [3.05, 3.63) is 51.6 Å². The highest BCUT2D eigenvalue weighted by Gasteiger charge is 2.52. The zero-order valence-electron chi connectivity index (χ0n) is 10.8. The Hall–Kier alpha value is -4.24. The van der Waals surface area contributed by atoms with E-state index in [1.807, 2.05) is 0 Å². The molecular formula is C8H2N4O12. The molecule has 126 valence electrons. The summed E-state index contributed by atoms with van der Waals surface area (Å²) in [4.78, 5) is 58.9. The van der Waals surface area contributed by atoms with Crippen LogP contribution in [0, 0.1) is 40.5 Å². The van der Waals surface area contributed by atoms with Crippen molar-refractivity contribution in [2.24, 2.45) is 0 Å². The number of hydrogen-bond acceptors (Lipinski definition) is 10. The van der Waals surface area contributed by atoms with Crippen molar-refractivity contribution >= 4 is 34.7 Å². The Morgan fingerprint density at radius 3 is 0.833 bits per heavy atom. The van der Waals surface area contributed by atoms with Gasteiger partial charge in [0.1, 0.15) is 0 Å². The molecular weight excluding hydrogens is 344 g/mol. The molecule has 1 rings (SSSR count). The fraction of sp³-hybridized carbons (Fsp3) is 0. The van der Waals surface area contributed by atoms with E-state index in [-0.39, 0.29) is 0 Å². The van der Waals surface area contributed by atoms with Crippen molar-refractivity contribution in [2.45, 2.75) is 0 Å². The van der Waals surface area contributed by atoms with E-state index in [1.165, 1.54) is 0 Å². The fourth-order valence-corrected chi connectivity index (χ4v) is 1.81. The normalized spacial score (nSPS) is 10.0. The lowest BCUT2D eigenvalue weighted by Crippen LogP contribution is -2.16. The third-order valence-electron chi connectivity index (χ3n) is 2.55. The van der Waals surface area contributed by atoms with Gasteiger partial charge in [-0.25, -0.2) is 9.59 Å². The number of nitro benzene ring substituents is 4. The third-order valence-corrected chi connectivity index (χ3v) is 2.55. The van der Waals surface area contributed by atoms with Crippen molar-refractivity contribution in [3.63, 3.8) is 0 Å². The maximum absolute atomic E-state index is 11.1. The Morgan fingerprint density at radius 1 is 0.583 bits per heavy atom. The monoisotopic (exact) mass is 346 g/mol. The maximum atomic E-state index is 11.1. The van der Waals surface area contributed by atoms with Gasteiger partial charge in [0.05, 0.1) is 19.7 Å². The molecule has 0 bridgehead atoms. The Bertz CT molecular complexity index is 644. The molecule has 16 heteroatoms. The zero-order chi connectivity index (χ0) is 18.9. The van der Waals surface area contributed by atoms with Gasteiger partial charge in [0, 0.05) is 0 Å². The van der Waals surface area contributed by atoms with Crippen LogP contribution in [0.2, 0.25) is 0 Å². The molecule has 0 radical (unpaired) electrons. The number of benzene rings is 1. The quantitative estimate of drug-likeness (QED) is 0.533. The van der Waals surface area contributed by atoms with E-state index in [9.17, 15) is 50.0 Å². The third kappa shape index (κ3) is 2.61. The van der Waals surface area contributed by atoms with E-state index in [1.54, 1.807) is 0 Å². The average molecular weight is 346 g/mol. The number of carboxylic acid groups (broad SMARTS) is 2. The summed E-state index contributed by atoms with van der Waals surface area (Å²) in [7, 11) is 0. The van der Waals surface area contributed by atoms with Crippen molar-refractivity contribution in [1.82, 2.24) is 0 Å². The zero-order valence-corrected chi connectivity index (χ0v) is 10.8. The van der Waals surface area contributed by atoms with E-state index < -0.39 is 65.5 Å². The van der Waals surface area contributed by atoms with Crippen LogP contribution < -0.4 is 0 Å². The summed E-state index contributed by atoms with van der Waals surface area (Å²) in [6, 6.07) is 0. The first-order chi connectivity index (χ1) is 10.9. The Balaban J connectivity index is 4.50. The molecule has 0 saturated heterocycles. The Labute approximate surface area is 127 Å². The number of nitrogens with zero attached hydrogens (tertiary/aromatic N) is 4. The number of rotatable bonds is 6. The molecule has 1 aromatic rings. The highest BCUT2D eigenvalue weighted by atomic mass is 16.7. The predicted octanol–water partition coefficient (Wildman–Crippen LogP) is 0.716. The minimum atomic E-state index is -2.46. The van der Waals surface area contributed by atoms with E-state index in [2.05, 4.69) is 0 Å². The molecule has 0 heterocycles. The Kier molecular flexibility index (Phi) is 4.35. The lowest BCUT2D eigenvalue weighted by Gasteiger charge is -2.05. The smallest absolute Gasteiger partial charge is 0.369 e. The predicted molar refractivity (Wildman–Crippen MR) is 67.0 cm³/mol. The van der Waals surface area contributed by atoms with Crippen LogP contribution in [0.3, 0.4) is 0 Å². The summed E-state index contributed by atoms with van der Waals surface area (Å²) in [6.07, 6.45) is 0. The molecule has 2 N–H and O–H groups in total. The molecule has 0 aliphatic heterocycles. The summed E-state index contributed by atoms with van der Waals surface area (Å²) in [5.41, 5.74) is -12.2. The molecule has 0 aliphatic carbocycles. The van der Waals surface area contributed by atoms with Crippen LogP contribution >= 0.6 is 0 Å². The largest absolute Gasteiger partial charge is 0.477 e. The van der Waals surface area contributed by atoms with Gasteiger partial charge in [-0.15, -0.1) is 0 Å². The summed E-state index contributed by atoms with van der Waals surface area (Å²) >= 11 is 0. The second-order valence-corrected chi connectivity index (χ2v) is 3.78. The van der Waals surface area contributed by atoms with Crippen molar-refractivity contribution in [1.29, 1.82) is 0 Å². The van der Waals surface area contributed by atoms with Crippen LogP contribution in [-0.4, -0.2) is 41.8 Å². The molecule has 0 amide bonds. The van der Waals surface area contributed by atoms with Crippen LogP contribution in [0.25, 0.3) is 0 Å². The van der Waals surface area contributed by atoms with Crippen LogP contribution in [0.1, 0.15) is 20.7 Å². The highest BCUT2D eigenvalue weighted by molar-refractivity contribution is 6.09. The average Bonchev–Trinajstić information content (AvgIpc) is 2.42. The second kappa shape index (κ2) is 5.87. The maximum Gasteiger partial charge on any atom is 0.369 e. The van der Waals surface area contributed by atoms with Gasteiger partial charge in [0.15, 0.2) is 0 Å². The number of carboxylic acids is 2. The first-order valence-corrected chi connectivity index (χ1v) is 5.21. The molecule has 0 saturated carbocycles. The lowest BCUT2D eigenvalue weighted by molar-refractivity contribution is -0.435. The molecule has 0 spiro atoms. The molecule has 0 atom stereocenters. The highest BCUT2D eigenvalue weighted by Crippen LogP contribution is 2.47. The van der Waals surface area contributed by atoms with Crippen LogP contribution in [0.15, 0.2) is 0 Å². The van der Waals surface area contributed by atoms with Gasteiger partial charge in [-0.05, 0) is 0 Å². The number of hydrogen-bond donors (Lipinski definition) is 2. The summed E-state index contributed by atoms with van der Waals surface area (Å²) < 4.78 is 0. The molecule has 0 fully saturated rings. The van der Waals surface area contributed by atoms with E-state index in [4.69, 9.17) is 10.2 Å².